The fraction of sp³-hybridized carbons (Fsp3) is 0.600. The highest BCUT2D eigenvalue weighted by Crippen LogP contribution is 2.51. The third kappa shape index (κ3) is 3.08. The van der Waals surface area contributed by atoms with Crippen molar-refractivity contribution in [2.45, 2.75) is 45.6 Å². The Bertz CT molecular complexity index is 393. The maximum Gasteiger partial charge on any atom is 0.126 e. The Kier molecular flexibility index (Phi) is 4.00. The highest BCUT2D eigenvalue weighted by molar-refractivity contribution is 5.22. The predicted molar refractivity (Wildman–Crippen MR) is 69.5 cm³/mol. The largest absolute Gasteiger partial charge is 0.314 e. The van der Waals surface area contributed by atoms with E-state index in [2.05, 4.69) is 19.2 Å². The van der Waals surface area contributed by atoms with Gasteiger partial charge in [-0.25, -0.2) is 8.78 Å². The summed E-state index contributed by atoms with van der Waals surface area (Å²) < 4.78 is 26.3. The van der Waals surface area contributed by atoms with E-state index in [4.69, 9.17) is 0 Å². The second-order valence-corrected chi connectivity index (χ2v) is 5.49. The van der Waals surface area contributed by atoms with E-state index in [0.29, 0.717) is 6.04 Å². The number of nitrogens with one attached hydrogen (secondary N) is 1. The standard InChI is InChI=1S/C15H21F2N/c1-3-6-18-11(2)15(4-5-15)10-12-7-13(16)9-14(17)8-12/h7-9,11,18H,3-6,10H2,1-2H3. The van der Waals surface area contributed by atoms with Crippen molar-refractivity contribution in [1.29, 1.82) is 0 Å². The molecule has 0 amide bonds. The van der Waals surface area contributed by atoms with E-state index in [-0.39, 0.29) is 5.41 Å². The molecule has 1 unspecified atom stereocenters. The van der Waals surface area contributed by atoms with Gasteiger partial charge in [-0.1, -0.05) is 6.92 Å². The normalized spacial score (nSPS) is 18.7. The number of halogens is 2. The fourth-order valence-electron chi connectivity index (χ4n) is 2.62. The number of hydrogen-bond donors (Lipinski definition) is 1. The molecule has 0 heterocycles. The SMILES string of the molecule is CCCNC(C)C1(Cc2cc(F)cc(F)c2)CC1. The first-order valence-electron chi connectivity index (χ1n) is 6.74. The lowest BCUT2D eigenvalue weighted by molar-refractivity contribution is 0.349. The second kappa shape index (κ2) is 5.35. The van der Waals surface area contributed by atoms with Gasteiger partial charge in [0, 0.05) is 12.1 Å². The molecule has 18 heavy (non-hydrogen) atoms. The zero-order valence-electron chi connectivity index (χ0n) is 11.1. The van der Waals surface area contributed by atoms with Crippen LogP contribution < -0.4 is 5.32 Å². The van der Waals surface area contributed by atoms with Crippen LogP contribution in [0.1, 0.15) is 38.7 Å². The molecule has 1 fully saturated rings. The van der Waals surface area contributed by atoms with Crippen LogP contribution in [0, 0.1) is 17.0 Å². The van der Waals surface area contributed by atoms with Crippen LogP contribution in [0.25, 0.3) is 0 Å². The molecular weight excluding hydrogens is 232 g/mol. The fourth-order valence-corrected chi connectivity index (χ4v) is 2.62. The molecule has 1 nitrogen and oxygen atoms in total. The van der Waals surface area contributed by atoms with Crippen molar-refractivity contribution in [3.63, 3.8) is 0 Å². The van der Waals surface area contributed by atoms with Gasteiger partial charge in [-0.2, -0.15) is 0 Å². The van der Waals surface area contributed by atoms with Crippen molar-refractivity contribution in [1.82, 2.24) is 5.32 Å². The molecule has 0 aromatic heterocycles. The average Bonchev–Trinajstić information content (AvgIpc) is 3.05. The summed E-state index contributed by atoms with van der Waals surface area (Å²) >= 11 is 0. The molecule has 0 saturated heterocycles. The molecular formula is C15H21F2N. The van der Waals surface area contributed by atoms with E-state index in [0.717, 1.165) is 43.9 Å². The Morgan fingerprint density at radius 2 is 1.83 bits per heavy atom. The van der Waals surface area contributed by atoms with Crippen LogP contribution in [0.15, 0.2) is 18.2 Å². The molecule has 100 valence electrons. The summed E-state index contributed by atoms with van der Waals surface area (Å²) in [5.74, 6) is -0.954. The summed E-state index contributed by atoms with van der Waals surface area (Å²) in [6, 6.07) is 4.25. The van der Waals surface area contributed by atoms with Crippen LogP contribution in [-0.2, 0) is 6.42 Å². The summed E-state index contributed by atoms with van der Waals surface area (Å²) in [7, 11) is 0. The van der Waals surface area contributed by atoms with Crippen LogP contribution in [0.2, 0.25) is 0 Å². The summed E-state index contributed by atoms with van der Waals surface area (Å²) in [4.78, 5) is 0. The van der Waals surface area contributed by atoms with Crippen LogP contribution in [0.3, 0.4) is 0 Å². The molecule has 1 aromatic rings. The van der Waals surface area contributed by atoms with E-state index in [9.17, 15) is 8.78 Å². The van der Waals surface area contributed by atoms with Crippen molar-refractivity contribution < 1.29 is 8.78 Å². The molecule has 2 rings (SSSR count). The van der Waals surface area contributed by atoms with Gasteiger partial charge in [0.15, 0.2) is 0 Å². The summed E-state index contributed by atoms with van der Waals surface area (Å²) in [5, 5.41) is 3.50. The Labute approximate surface area is 108 Å². The Morgan fingerprint density at radius 1 is 1.22 bits per heavy atom. The Balaban J connectivity index is 2.03. The Hall–Kier alpha value is -0.960. The molecule has 0 bridgehead atoms. The topological polar surface area (TPSA) is 12.0 Å². The van der Waals surface area contributed by atoms with Gasteiger partial charge in [0.2, 0.25) is 0 Å². The monoisotopic (exact) mass is 253 g/mol. The zero-order valence-corrected chi connectivity index (χ0v) is 11.1. The highest BCUT2D eigenvalue weighted by atomic mass is 19.1. The molecule has 0 spiro atoms. The molecule has 1 atom stereocenters. The predicted octanol–water partition coefficient (Wildman–Crippen LogP) is 3.68. The summed E-state index contributed by atoms with van der Waals surface area (Å²) in [6.07, 6.45) is 4.15. The molecule has 1 aliphatic carbocycles. The van der Waals surface area contributed by atoms with E-state index in [1.165, 1.54) is 12.1 Å². The van der Waals surface area contributed by atoms with E-state index in [1.807, 2.05) is 0 Å². The van der Waals surface area contributed by atoms with Crippen molar-refractivity contribution >= 4 is 0 Å². The first kappa shape index (κ1) is 13.5. The molecule has 1 aliphatic rings. The van der Waals surface area contributed by atoms with E-state index >= 15 is 0 Å². The van der Waals surface area contributed by atoms with Crippen molar-refractivity contribution in [2.24, 2.45) is 5.41 Å². The van der Waals surface area contributed by atoms with Crippen molar-refractivity contribution in [3.8, 4) is 0 Å². The third-order valence-electron chi connectivity index (χ3n) is 3.99. The van der Waals surface area contributed by atoms with Crippen LogP contribution >= 0.6 is 0 Å². The first-order valence-corrected chi connectivity index (χ1v) is 6.74. The smallest absolute Gasteiger partial charge is 0.126 e. The van der Waals surface area contributed by atoms with Gasteiger partial charge in [0.25, 0.3) is 0 Å². The van der Waals surface area contributed by atoms with Gasteiger partial charge in [-0.05, 0) is 62.3 Å². The first-order chi connectivity index (χ1) is 8.55. The molecule has 1 aromatic carbocycles. The van der Waals surface area contributed by atoms with Crippen molar-refractivity contribution in [3.05, 3.63) is 35.4 Å². The summed E-state index contributed by atoms with van der Waals surface area (Å²) in [6.45, 7) is 5.32. The number of hydrogen-bond acceptors (Lipinski definition) is 1. The molecule has 3 heteroatoms. The lowest BCUT2D eigenvalue weighted by atomic mass is 9.89. The average molecular weight is 253 g/mol. The molecule has 1 saturated carbocycles. The van der Waals surface area contributed by atoms with E-state index < -0.39 is 11.6 Å². The van der Waals surface area contributed by atoms with Gasteiger partial charge in [0.1, 0.15) is 11.6 Å². The maximum absolute atomic E-state index is 13.2. The second-order valence-electron chi connectivity index (χ2n) is 5.49. The zero-order chi connectivity index (χ0) is 13.2. The summed E-state index contributed by atoms with van der Waals surface area (Å²) in [5.41, 5.74) is 0.977. The molecule has 0 radical (unpaired) electrons. The Morgan fingerprint density at radius 3 is 2.33 bits per heavy atom. The highest BCUT2D eigenvalue weighted by Gasteiger charge is 2.46. The molecule has 0 aliphatic heterocycles. The maximum atomic E-state index is 13.2. The quantitative estimate of drug-likeness (QED) is 0.815. The van der Waals surface area contributed by atoms with Crippen LogP contribution in [0.5, 0.6) is 0 Å². The number of rotatable bonds is 6. The van der Waals surface area contributed by atoms with Gasteiger partial charge >= 0.3 is 0 Å². The third-order valence-corrected chi connectivity index (χ3v) is 3.99. The van der Waals surface area contributed by atoms with Crippen LogP contribution in [-0.4, -0.2) is 12.6 Å². The minimum absolute atomic E-state index is 0.204. The minimum Gasteiger partial charge on any atom is -0.314 e. The lowest BCUT2D eigenvalue weighted by Gasteiger charge is -2.24. The molecule has 1 N–H and O–H groups in total. The van der Waals surface area contributed by atoms with Crippen molar-refractivity contribution in [2.75, 3.05) is 6.54 Å². The lowest BCUT2D eigenvalue weighted by Crippen LogP contribution is -2.36. The van der Waals surface area contributed by atoms with Gasteiger partial charge in [-0.15, -0.1) is 0 Å². The van der Waals surface area contributed by atoms with E-state index in [1.54, 1.807) is 0 Å². The minimum atomic E-state index is -0.477. The van der Waals surface area contributed by atoms with Gasteiger partial charge < -0.3 is 5.32 Å². The van der Waals surface area contributed by atoms with Gasteiger partial charge in [0.05, 0.1) is 0 Å². The van der Waals surface area contributed by atoms with Gasteiger partial charge in [-0.3, -0.25) is 0 Å². The number of benzene rings is 1. The van der Waals surface area contributed by atoms with Crippen LogP contribution in [0.4, 0.5) is 8.78 Å².